The monoisotopic (exact) mass is 222 g/mol. The van der Waals surface area contributed by atoms with E-state index in [2.05, 4.69) is 13.8 Å². The van der Waals surface area contributed by atoms with Gasteiger partial charge in [-0.2, -0.15) is 0 Å². The number of fused-ring (bicyclic) bond motifs is 1. The maximum atomic E-state index is 11.6. The third-order valence-corrected chi connectivity index (χ3v) is 2.57. The van der Waals surface area contributed by atoms with Crippen LogP contribution in [0, 0.1) is 0 Å². The average molecular weight is 223 g/mol. The molecular formula is C12H11ClO2. The number of benzene rings is 1. The van der Waals surface area contributed by atoms with Crippen molar-refractivity contribution in [1.29, 1.82) is 0 Å². The quantitative estimate of drug-likeness (QED) is 0.739. The van der Waals surface area contributed by atoms with Crippen LogP contribution in [0.2, 0.25) is 5.22 Å². The fourth-order valence-corrected chi connectivity index (χ4v) is 1.69. The highest BCUT2D eigenvalue weighted by Gasteiger charge is 2.06. The molecule has 0 atom stereocenters. The van der Waals surface area contributed by atoms with Gasteiger partial charge in [-0.1, -0.05) is 19.9 Å². The molecule has 0 aliphatic rings. The largest absolute Gasteiger partial charge is 0.444 e. The Labute approximate surface area is 92.5 Å². The van der Waals surface area contributed by atoms with Gasteiger partial charge in [0, 0.05) is 6.07 Å². The van der Waals surface area contributed by atoms with Crippen molar-refractivity contribution in [3.8, 4) is 0 Å². The number of hydrogen-bond acceptors (Lipinski definition) is 2. The molecule has 0 amide bonds. The van der Waals surface area contributed by atoms with Crippen LogP contribution in [0.25, 0.3) is 11.0 Å². The molecule has 0 aliphatic carbocycles. The van der Waals surface area contributed by atoms with Gasteiger partial charge < -0.3 is 4.42 Å². The third kappa shape index (κ3) is 1.90. The molecule has 0 unspecified atom stereocenters. The minimum Gasteiger partial charge on any atom is -0.444 e. The van der Waals surface area contributed by atoms with E-state index in [1.54, 1.807) is 6.07 Å². The Kier molecular flexibility index (Phi) is 2.53. The molecule has 2 nitrogen and oxygen atoms in total. The summed E-state index contributed by atoms with van der Waals surface area (Å²) < 4.78 is 5.24. The van der Waals surface area contributed by atoms with Crippen LogP contribution in [-0.4, -0.2) is 0 Å². The number of halogens is 1. The zero-order chi connectivity index (χ0) is 11.0. The van der Waals surface area contributed by atoms with E-state index < -0.39 is 0 Å². The smallest absolute Gasteiger partial charge is 0.197 e. The van der Waals surface area contributed by atoms with Crippen molar-refractivity contribution in [3.63, 3.8) is 0 Å². The van der Waals surface area contributed by atoms with Crippen molar-refractivity contribution in [1.82, 2.24) is 0 Å². The highest BCUT2D eigenvalue weighted by Crippen LogP contribution is 2.21. The maximum absolute atomic E-state index is 11.6. The Morgan fingerprint density at radius 1 is 1.27 bits per heavy atom. The lowest BCUT2D eigenvalue weighted by Crippen LogP contribution is -2.00. The normalized spacial score (nSPS) is 11.2. The van der Waals surface area contributed by atoms with E-state index in [0.717, 1.165) is 5.56 Å². The van der Waals surface area contributed by atoms with Crippen LogP contribution in [0.3, 0.4) is 0 Å². The van der Waals surface area contributed by atoms with Crippen molar-refractivity contribution in [2.45, 2.75) is 19.8 Å². The summed E-state index contributed by atoms with van der Waals surface area (Å²) >= 11 is 5.66. The van der Waals surface area contributed by atoms with Gasteiger partial charge in [0.15, 0.2) is 10.6 Å². The molecule has 1 heterocycles. The van der Waals surface area contributed by atoms with E-state index in [1.165, 1.54) is 6.07 Å². The molecule has 78 valence electrons. The van der Waals surface area contributed by atoms with Gasteiger partial charge in [0.1, 0.15) is 5.58 Å². The number of rotatable bonds is 1. The average Bonchev–Trinajstić information content (AvgIpc) is 2.16. The first-order valence-corrected chi connectivity index (χ1v) is 5.19. The van der Waals surface area contributed by atoms with Crippen LogP contribution in [0.4, 0.5) is 0 Å². The minimum atomic E-state index is -0.0937. The van der Waals surface area contributed by atoms with E-state index in [9.17, 15) is 4.79 Å². The van der Waals surface area contributed by atoms with E-state index in [4.69, 9.17) is 16.0 Å². The first-order valence-electron chi connectivity index (χ1n) is 4.81. The molecule has 0 bridgehead atoms. The molecule has 2 rings (SSSR count). The van der Waals surface area contributed by atoms with E-state index in [-0.39, 0.29) is 10.6 Å². The molecular weight excluding hydrogens is 212 g/mol. The molecule has 1 aromatic heterocycles. The zero-order valence-electron chi connectivity index (χ0n) is 8.58. The standard InChI is InChI=1S/C12H11ClO2/c1-7(2)8-3-4-11-9(5-8)10(14)6-12(13)15-11/h3-7H,1-2H3. The summed E-state index contributed by atoms with van der Waals surface area (Å²) in [6.45, 7) is 4.16. The third-order valence-electron chi connectivity index (χ3n) is 2.39. The molecule has 0 fully saturated rings. The second-order valence-electron chi connectivity index (χ2n) is 3.83. The predicted octanol–water partition coefficient (Wildman–Crippen LogP) is 3.57. The zero-order valence-corrected chi connectivity index (χ0v) is 9.34. The summed E-state index contributed by atoms with van der Waals surface area (Å²) in [6.07, 6.45) is 0. The SMILES string of the molecule is CC(C)c1ccc2oc(Cl)cc(=O)c2c1. The Hall–Kier alpha value is -1.28. The summed E-state index contributed by atoms with van der Waals surface area (Å²) in [5.74, 6) is 0.393. The summed E-state index contributed by atoms with van der Waals surface area (Å²) in [5.41, 5.74) is 1.57. The molecule has 0 saturated carbocycles. The van der Waals surface area contributed by atoms with Gasteiger partial charge in [-0.05, 0) is 35.2 Å². The van der Waals surface area contributed by atoms with E-state index in [1.807, 2.05) is 12.1 Å². The summed E-state index contributed by atoms with van der Waals surface area (Å²) in [5, 5.41) is 0.718. The summed E-state index contributed by atoms with van der Waals surface area (Å²) in [7, 11) is 0. The Morgan fingerprint density at radius 3 is 2.67 bits per heavy atom. The van der Waals surface area contributed by atoms with Crippen LogP contribution < -0.4 is 5.43 Å². The molecule has 0 radical (unpaired) electrons. The second-order valence-corrected chi connectivity index (χ2v) is 4.20. The molecule has 0 saturated heterocycles. The number of hydrogen-bond donors (Lipinski definition) is 0. The van der Waals surface area contributed by atoms with Gasteiger partial charge in [-0.3, -0.25) is 4.79 Å². The molecule has 1 aromatic carbocycles. The van der Waals surface area contributed by atoms with Crippen molar-refractivity contribution >= 4 is 22.6 Å². The van der Waals surface area contributed by atoms with Crippen LogP contribution in [0.1, 0.15) is 25.3 Å². The van der Waals surface area contributed by atoms with E-state index in [0.29, 0.717) is 16.9 Å². The molecule has 3 heteroatoms. The first kappa shape index (κ1) is 10.2. The van der Waals surface area contributed by atoms with Crippen LogP contribution in [0.15, 0.2) is 33.5 Å². The summed E-state index contributed by atoms with van der Waals surface area (Å²) in [4.78, 5) is 11.6. The van der Waals surface area contributed by atoms with Gasteiger partial charge in [0.2, 0.25) is 0 Å². The highest BCUT2D eigenvalue weighted by molar-refractivity contribution is 6.29. The van der Waals surface area contributed by atoms with Crippen molar-refractivity contribution < 1.29 is 4.42 Å². The fraction of sp³-hybridized carbons (Fsp3) is 0.250. The predicted molar refractivity (Wildman–Crippen MR) is 61.6 cm³/mol. The first-order chi connectivity index (χ1) is 7.08. The van der Waals surface area contributed by atoms with Crippen molar-refractivity contribution in [3.05, 3.63) is 45.3 Å². The van der Waals surface area contributed by atoms with Gasteiger partial charge in [-0.25, -0.2) is 0 Å². The van der Waals surface area contributed by atoms with Crippen LogP contribution in [-0.2, 0) is 0 Å². The maximum Gasteiger partial charge on any atom is 0.197 e. The Bertz CT molecular complexity index is 555. The highest BCUT2D eigenvalue weighted by atomic mass is 35.5. The molecule has 0 aliphatic heterocycles. The van der Waals surface area contributed by atoms with Crippen LogP contribution in [0.5, 0.6) is 0 Å². The fourth-order valence-electron chi connectivity index (χ4n) is 1.50. The van der Waals surface area contributed by atoms with Crippen molar-refractivity contribution in [2.24, 2.45) is 0 Å². The minimum absolute atomic E-state index is 0.0937. The van der Waals surface area contributed by atoms with Crippen LogP contribution >= 0.6 is 11.6 Å². The molecule has 0 N–H and O–H groups in total. The lowest BCUT2D eigenvalue weighted by atomic mass is 10.0. The van der Waals surface area contributed by atoms with Gasteiger partial charge in [0.25, 0.3) is 0 Å². The molecule has 0 spiro atoms. The lowest BCUT2D eigenvalue weighted by Gasteiger charge is -2.05. The van der Waals surface area contributed by atoms with E-state index >= 15 is 0 Å². The lowest BCUT2D eigenvalue weighted by molar-refractivity contribution is 0.604. The van der Waals surface area contributed by atoms with Gasteiger partial charge in [0.05, 0.1) is 5.39 Å². The Balaban J connectivity index is 2.77. The topological polar surface area (TPSA) is 30.2 Å². The second kappa shape index (κ2) is 3.70. The Morgan fingerprint density at radius 2 is 2.00 bits per heavy atom. The molecule has 15 heavy (non-hydrogen) atoms. The van der Waals surface area contributed by atoms with Gasteiger partial charge >= 0.3 is 0 Å². The van der Waals surface area contributed by atoms with Gasteiger partial charge in [-0.15, -0.1) is 0 Å². The van der Waals surface area contributed by atoms with Crippen molar-refractivity contribution in [2.75, 3.05) is 0 Å². The molecule has 2 aromatic rings. The summed E-state index contributed by atoms with van der Waals surface area (Å²) in [6, 6.07) is 6.90.